The maximum absolute atomic E-state index is 11.4. The highest BCUT2D eigenvalue weighted by Crippen LogP contribution is 2.31. The molecule has 106 valence electrons. The molecule has 0 aromatic rings. The minimum Gasteiger partial charge on any atom is -0.461 e. The highest BCUT2D eigenvalue weighted by atomic mass is 16.6. The molecule has 0 saturated carbocycles. The number of allylic oxidation sites excluding steroid dienone is 1. The lowest BCUT2D eigenvalue weighted by atomic mass is 9.87. The van der Waals surface area contributed by atoms with Crippen LogP contribution < -0.4 is 0 Å². The van der Waals surface area contributed by atoms with Crippen LogP contribution in [0.4, 0.5) is 0 Å². The molecule has 0 unspecified atom stereocenters. The van der Waals surface area contributed by atoms with Crippen molar-refractivity contribution in [3.8, 4) is 12.3 Å². The molecule has 1 saturated heterocycles. The monoisotopic (exact) mass is 262 g/mol. The van der Waals surface area contributed by atoms with Gasteiger partial charge in [0.05, 0.1) is 5.92 Å². The summed E-state index contributed by atoms with van der Waals surface area (Å²) in [5.41, 5.74) is 0. The molecule has 19 heavy (non-hydrogen) atoms. The molecule has 2 atom stereocenters. The second-order valence-corrected chi connectivity index (χ2v) is 5.31. The van der Waals surface area contributed by atoms with Gasteiger partial charge in [-0.3, -0.25) is 4.79 Å². The average molecular weight is 262 g/mol. The number of unbranched alkanes of at least 4 members (excludes halogenated alkanes) is 6. The van der Waals surface area contributed by atoms with Crippen molar-refractivity contribution in [1.82, 2.24) is 0 Å². The van der Waals surface area contributed by atoms with Gasteiger partial charge in [0, 0.05) is 6.42 Å². The lowest BCUT2D eigenvalue weighted by Crippen LogP contribution is -2.44. The van der Waals surface area contributed by atoms with Crippen LogP contribution in [0.15, 0.2) is 12.7 Å². The Bertz CT molecular complexity index is 314. The maximum atomic E-state index is 11.4. The molecule has 0 N–H and O–H groups in total. The van der Waals surface area contributed by atoms with E-state index in [0.717, 1.165) is 38.5 Å². The molecule has 1 aliphatic heterocycles. The number of hydrogen-bond acceptors (Lipinski definition) is 2. The van der Waals surface area contributed by atoms with E-state index in [0.29, 0.717) is 0 Å². The predicted molar refractivity (Wildman–Crippen MR) is 78.6 cm³/mol. The van der Waals surface area contributed by atoms with Crippen molar-refractivity contribution in [2.75, 3.05) is 0 Å². The fourth-order valence-electron chi connectivity index (χ4n) is 2.55. The lowest BCUT2D eigenvalue weighted by Gasteiger charge is -2.35. The Balaban J connectivity index is 2.02. The van der Waals surface area contributed by atoms with E-state index in [1.807, 2.05) is 6.08 Å². The molecule has 1 rings (SSSR count). The zero-order valence-corrected chi connectivity index (χ0v) is 11.9. The summed E-state index contributed by atoms with van der Waals surface area (Å²) in [7, 11) is 0. The van der Waals surface area contributed by atoms with E-state index >= 15 is 0 Å². The molecule has 2 nitrogen and oxygen atoms in total. The van der Waals surface area contributed by atoms with Gasteiger partial charge in [-0.1, -0.05) is 31.8 Å². The molecule has 0 radical (unpaired) electrons. The van der Waals surface area contributed by atoms with Crippen LogP contribution in [0.5, 0.6) is 0 Å². The molecular formula is C17H26O2. The van der Waals surface area contributed by atoms with Crippen LogP contribution >= 0.6 is 0 Å². The second kappa shape index (κ2) is 9.67. The van der Waals surface area contributed by atoms with Gasteiger partial charge in [0.2, 0.25) is 0 Å². The third-order valence-electron chi connectivity index (χ3n) is 3.75. The van der Waals surface area contributed by atoms with Crippen molar-refractivity contribution >= 4 is 5.97 Å². The minimum atomic E-state index is -0.00244. The van der Waals surface area contributed by atoms with Crippen molar-refractivity contribution in [3.05, 3.63) is 12.7 Å². The van der Waals surface area contributed by atoms with E-state index < -0.39 is 0 Å². The Labute approximate surface area is 117 Å². The molecule has 0 aromatic carbocycles. The first-order valence-corrected chi connectivity index (χ1v) is 7.54. The molecule has 0 spiro atoms. The standard InChI is InChI=1S/C17H26O2/c1-3-5-7-8-9-10-12-13-15-16(19-17(15)18)14-11-6-4-2/h2-3,15-16H,1,5-14H2/t15-,16-/m1/s1. The summed E-state index contributed by atoms with van der Waals surface area (Å²) in [6, 6.07) is 0. The van der Waals surface area contributed by atoms with E-state index in [2.05, 4.69) is 12.5 Å². The number of carbonyl (C=O) groups is 1. The maximum Gasteiger partial charge on any atom is 0.313 e. The van der Waals surface area contributed by atoms with Gasteiger partial charge in [0.15, 0.2) is 0 Å². The van der Waals surface area contributed by atoms with Crippen molar-refractivity contribution in [1.29, 1.82) is 0 Å². The molecule has 0 amide bonds. The number of hydrogen-bond donors (Lipinski definition) is 0. The van der Waals surface area contributed by atoms with Crippen LogP contribution in [0.25, 0.3) is 0 Å². The smallest absolute Gasteiger partial charge is 0.313 e. The zero-order chi connectivity index (χ0) is 13.9. The van der Waals surface area contributed by atoms with E-state index in [-0.39, 0.29) is 18.0 Å². The number of ether oxygens (including phenoxy) is 1. The lowest BCUT2D eigenvalue weighted by molar-refractivity contribution is -0.186. The highest BCUT2D eigenvalue weighted by Gasteiger charge is 2.40. The Morgan fingerprint density at radius 3 is 2.58 bits per heavy atom. The second-order valence-electron chi connectivity index (χ2n) is 5.31. The molecule has 0 aliphatic carbocycles. The van der Waals surface area contributed by atoms with Crippen LogP contribution in [0.1, 0.15) is 64.2 Å². The van der Waals surface area contributed by atoms with E-state index in [9.17, 15) is 4.79 Å². The van der Waals surface area contributed by atoms with Crippen LogP contribution in [0.3, 0.4) is 0 Å². The van der Waals surface area contributed by atoms with Gasteiger partial charge in [-0.05, 0) is 32.1 Å². The molecule has 1 aliphatic rings. The summed E-state index contributed by atoms with van der Waals surface area (Å²) in [6.07, 6.45) is 18.2. The third kappa shape index (κ3) is 5.96. The summed E-state index contributed by atoms with van der Waals surface area (Å²) in [5, 5.41) is 0. The van der Waals surface area contributed by atoms with E-state index in [1.54, 1.807) is 0 Å². The highest BCUT2D eigenvalue weighted by molar-refractivity contribution is 5.78. The summed E-state index contributed by atoms with van der Waals surface area (Å²) in [4.78, 5) is 11.4. The zero-order valence-electron chi connectivity index (χ0n) is 11.9. The van der Waals surface area contributed by atoms with Crippen molar-refractivity contribution in [2.24, 2.45) is 5.92 Å². The number of rotatable bonds is 11. The summed E-state index contributed by atoms with van der Waals surface area (Å²) < 4.78 is 5.19. The van der Waals surface area contributed by atoms with Crippen molar-refractivity contribution < 1.29 is 9.53 Å². The van der Waals surface area contributed by atoms with E-state index in [4.69, 9.17) is 11.2 Å². The van der Waals surface area contributed by atoms with Gasteiger partial charge < -0.3 is 4.74 Å². The topological polar surface area (TPSA) is 26.3 Å². The average Bonchev–Trinajstić information content (AvgIpc) is 2.41. The number of esters is 1. The van der Waals surface area contributed by atoms with Crippen LogP contribution in [-0.2, 0) is 9.53 Å². The first-order valence-electron chi connectivity index (χ1n) is 7.54. The fraction of sp³-hybridized carbons (Fsp3) is 0.706. The van der Waals surface area contributed by atoms with E-state index in [1.165, 1.54) is 25.7 Å². The van der Waals surface area contributed by atoms with Crippen LogP contribution in [0, 0.1) is 18.3 Å². The molecule has 1 fully saturated rings. The van der Waals surface area contributed by atoms with Crippen molar-refractivity contribution in [2.45, 2.75) is 70.3 Å². The minimum absolute atomic E-state index is 0.00244. The number of cyclic esters (lactones) is 1. The van der Waals surface area contributed by atoms with Crippen LogP contribution in [-0.4, -0.2) is 12.1 Å². The Kier molecular flexibility index (Phi) is 8.05. The normalized spacial score (nSPS) is 21.3. The van der Waals surface area contributed by atoms with Gasteiger partial charge in [-0.2, -0.15) is 0 Å². The summed E-state index contributed by atoms with van der Waals surface area (Å²) in [6.45, 7) is 3.72. The molecule has 0 aromatic heterocycles. The Morgan fingerprint density at radius 1 is 1.16 bits per heavy atom. The largest absolute Gasteiger partial charge is 0.461 e. The number of terminal acetylenes is 1. The molecular weight excluding hydrogens is 236 g/mol. The predicted octanol–water partition coefficient (Wildman–Crippen LogP) is 4.25. The Morgan fingerprint density at radius 2 is 1.89 bits per heavy atom. The summed E-state index contributed by atoms with van der Waals surface area (Å²) >= 11 is 0. The van der Waals surface area contributed by atoms with Gasteiger partial charge in [0.25, 0.3) is 0 Å². The first-order chi connectivity index (χ1) is 9.29. The molecule has 1 heterocycles. The quantitative estimate of drug-likeness (QED) is 0.241. The molecule has 0 bridgehead atoms. The molecule has 2 heteroatoms. The SMILES string of the molecule is C#CCCC[C@H]1OC(=O)[C@@H]1CCCCCCCC=C. The van der Waals surface area contributed by atoms with Gasteiger partial charge >= 0.3 is 5.97 Å². The fourth-order valence-corrected chi connectivity index (χ4v) is 2.55. The summed E-state index contributed by atoms with van der Waals surface area (Å²) in [5.74, 6) is 2.77. The Hall–Kier alpha value is -1.23. The third-order valence-corrected chi connectivity index (χ3v) is 3.75. The van der Waals surface area contributed by atoms with Gasteiger partial charge in [-0.25, -0.2) is 0 Å². The first kappa shape index (κ1) is 15.8. The van der Waals surface area contributed by atoms with Crippen molar-refractivity contribution in [3.63, 3.8) is 0 Å². The van der Waals surface area contributed by atoms with Gasteiger partial charge in [-0.15, -0.1) is 18.9 Å². The van der Waals surface area contributed by atoms with Crippen LogP contribution in [0.2, 0.25) is 0 Å². The number of carbonyl (C=O) groups excluding carboxylic acids is 1. The van der Waals surface area contributed by atoms with Gasteiger partial charge in [0.1, 0.15) is 6.10 Å².